The maximum absolute atomic E-state index is 11.6. The second-order valence-corrected chi connectivity index (χ2v) is 4.09. The summed E-state index contributed by atoms with van der Waals surface area (Å²) < 4.78 is 10.4. The van der Waals surface area contributed by atoms with Gasteiger partial charge >= 0.3 is 5.97 Å². The highest BCUT2D eigenvalue weighted by Crippen LogP contribution is 2.17. The summed E-state index contributed by atoms with van der Waals surface area (Å²) in [6.07, 6.45) is 2.04. The number of carbonyl (C=O) groups is 1. The van der Waals surface area contributed by atoms with Gasteiger partial charge in [-0.1, -0.05) is 0 Å². The zero-order chi connectivity index (χ0) is 11.8. The van der Waals surface area contributed by atoms with Gasteiger partial charge in [0.05, 0.1) is 19.1 Å². The molecular weight excluding hydrogens is 206 g/mol. The maximum Gasteiger partial charge on any atom is 0.310 e. The summed E-state index contributed by atoms with van der Waals surface area (Å²) in [4.78, 5) is 13.9. The fourth-order valence-electron chi connectivity index (χ4n) is 2.05. The van der Waals surface area contributed by atoms with Crippen LogP contribution in [0, 0.1) is 5.92 Å². The monoisotopic (exact) mass is 229 g/mol. The SMILES string of the molecule is CCOCCN1CCC[C@H](C(=O)OCC)C1. The van der Waals surface area contributed by atoms with Gasteiger partial charge in [0.25, 0.3) is 0 Å². The minimum atomic E-state index is -0.0383. The molecule has 1 fully saturated rings. The first-order chi connectivity index (χ1) is 7.77. The van der Waals surface area contributed by atoms with Gasteiger partial charge in [0, 0.05) is 19.7 Å². The minimum absolute atomic E-state index is 0.0383. The molecule has 0 aliphatic carbocycles. The lowest BCUT2D eigenvalue weighted by atomic mass is 9.98. The Morgan fingerprint density at radius 1 is 1.38 bits per heavy atom. The quantitative estimate of drug-likeness (QED) is 0.508. The fourth-order valence-corrected chi connectivity index (χ4v) is 2.05. The van der Waals surface area contributed by atoms with Crippen molar-refractivity contribution < 1.29 is 14.3 Å². The third kappa shape index (κ3) is 4.49. The van der Waals surface area contributed by atoms with Crippen LogP contribution in [0.1, 0.15) is 26.7 Å². The van der Waals surface area contributed by atoms with Gasteiger partial charge in [-0.15, -0.1) is 0 Å². The lowest BCUT2D eigenvalue weighted by Gasteiger charge is -2.31. The summed E-state index contributed by atoms with van der Waals surface area (Å²) in [6, 6.07) is 0. The zero-order valence-corrected chi connectivity index (χ0v) is 10.4. The molecule has 0 unspecified atom stereocenters. The van der Waals surface area contributed by atoms with Gasteiger partial charge in [-0.05, 0) is 33.2 Å². The molecule has 16 heavy (non-hydrogen) atoms. The lowest BCUT2D eigenvalue weighted by molar-refractivity contribution is -0.150. The highest BCUT2D eigenvalue weighted by atomic mass is 16.5. The van der Waals surface area contributed by atoms with Crippen molar-refractivity contribution in [2.24, 2.45) is 5.92 Å². The van der Waals surface area contributed by atoms with Crippen LogP contribution in [0.2, 0.25) is 0 Å². The number of hydrogen-bond donors (Lipinski definition) is 0. The highest BCUT2D eigenvalue weighted by molar-refractivity contribution is 5.72. The fraction of sp³-hybridized carbons (Fsp3) is 0.917. The van der Waals surface area contributed by atoms with Gasteiger partial charge < -0.3 is 14.4 Å². The van der Waals surface area contributed by atoms with E-state index in [0.29, 0.717) is 6.61 Å². The third-order valence-electron chi connectivity index (χ3n) is 2.88. The van der Waals surface area contributed by atoms with E-state index in [1.807, 2.05) is 13.8 Å². The first-order valence-electron chi connectivity index (χ1n) is 6.24. The van der Waals surface area contributed by atoms with Crippen LogP contribution in [0.25, 0.3) is 0 Å². The van der Waals surface area contributed by atoms with Gasteiger partial charge in [0.2, 0.25) is 0 Å². The van der Waals surface area contributed by atoms with Crippen LogP contribution in [0.5, 0.6) is 0 Å². The minimum Gasteiger partial charge on any atom is -0.466 e. The predicted octanol–water partition coefficient (Wildman–Crippen LogP) is 1.30. The second-order valence-electron chi connectivity index (χ2n) is 4.09. The molecule has 4 heteroatoms. The molecule has 0 spiro atoms. The van der Waals surface area contributed by atoms with E-state index in [-0.39, 0.29) is 11.9 Å². The number of likely N-dealkylation sites (tertiary alicyclic amines) is 1. The van der Waals surface area contributed by atoms with E-state index in [4.69, 9.17) is 9.47 Å². The molecule has 0 radical (unpaired) electrons. The smallest absolute Gasteiger partial charge is 0.310 e. The van der Waals surface area contributed by atoms with Gasteiger partial charge in [0.1, 0.15) is 0 Å². The molecular formula is C12H23NO3. The zero-order valence-electron chi connectivity index (χ0n) is 10.4. The second kappa shape index (κ2) is 7.63. The van der Waals surface area contributed by atoms with Crippen molar-refractivity contribution in [3.05, 3.63) is 0 Å². The maximum atomic E-state index is 11.6. The van der Waals surface area contributed by atoms with E-state index in [0.717, 1.165) is 45.7 Å². The summed E-state index contributed by atoms with van der Waals surface area (Å²) in [5, 5.41) is 0. The molecule has 0 aromatic carbocycles. The van der Waals surface area contributed by atoms with E-state index in [1.54, 1.807) is 0 Å². The normalized spacial score (nSPS) is 22.0. The molecule has 0 N–H and O–H groups in total. The summed E-state index contributed by atoms with van der Waals surface area (Å²) in [6.45, 7) is 8.67. The van der Waals surface area contributed by atoms with Crippen LogP contribution in [0.4, 0.5) is 0 Å². The van der Waals surface area contributed by atoms with E-state index < -0.39 is 0 Å². The Morgan fingerprint density at radius 2 is 2.19 bits per heavy atom. The molecule has 0 amide bonds. The van der Waals surface area contributed by atoms with Crippen molar-refractivity contribution in [1.29, 1.82) is 0 Å². The highest BCUT2D eigenvalue weighted by Gasteiger charge is 2.26. The Labute approximate surface area is 97.9 Å². The van der Waals surface area contributed by atoms with Crippen molar-refractivity contribution >= 4 is 5.97 Å². The van der Waals surface area contributed by atoms with Crippen LogP contribution in [0.3, 0.4) is 0 Å². The van der Waals surface area contributed by atoms with Crippen molar-refractivity contribution in [3.63, 3.8) is 0 Å². The molecule has 0 aromatic rings. The summed E-state index contributed by atoms with van der Waals surface area (Å²) in [7, 11) is 0. The number of carbonyl (C=O) groups excluding carboxylic acids is 1. The Hall–Kier alpha value is -0.610. The predicted molar refractivity (Wildman–Crippen MR) is 62.3 cm³/mol. The molecule has 1 aliphatic rings. The molecule has 1 rings (SSSR count). The number of esters is 1. The molecule has 1 saturated heterocycles. The molecule has 1 heterocycles. The van der Waals surface area contributed by atoms with Crippen LogP contribution in [0.15, 0.2) is 0 Å². The van der Waals surface area contributed by atoms with Crippen molar-refractivity contribution in [2.75, 3.05) is 39.5 Å². The van der Waals surface area contributed by atoms with Gasteiger partial charge in [-0.25, -0.2) is 0 Å². The Balaban J connectivity index is 2.26. The van der Waals surface area contributed by atoms with Crippen molar-refractivity contribution in [2.45, 2.75) is 26.7 Å². The van der Waals surface area contributed by atoms with Gasteiger partial charge in [0.15, 0.2) is 0 Å². The number of nitrogens with zero attached hydrogens (tertiary/aromatic N) is 1. The first-order valence-corrected chi connectivity index (χ1v) is 6.24. The van der Waals surface area contributed by atoms with E-state index >= 15 is 0 Å². The van der Waals surface area contributed by atoms with Crippen LogP contribution in [-0.2, 0) is 14.3 Å². The molecule has 1 atom stereocenters. The van der Waals surface area contributed by atoms with Crippen LogP contribution in [-0.4, -0.2) is 50.3 Å². The molecule has 1 aliphatic heterocycles. The molecule has 0 aromatic heterocycles. The van der Waals surface area contributed by atoms with Gasteiger partial charge in [-0.2, -0.15) is 0 Å². The number of rotatable bonds is 6. The van der Waals surface area contributed by atoms with Crippen LogP contribution < -0.4 is 0 Å². The summed E-state index contributed by atoms with van der Waals surface area (Å²) in [5.41, 5.74) is 0. The average Bonchev–Trinajstić information content (AvgIpc) is 2.30. The molecule has 4 nitrogen and oxygen atoms in total. The molecule has 94 valence electrons. The number of piperidine rings is 1. The van der Waals surface area contributed by atoms with Crippen molar-refractivity contribution in [1.82, 2.24) is 4.90 Å². The van der Waals surface area contributed by atoms with E-state index in [1.165, 1.54) is 0 Å². The number of hydrogen-bond acceptors (Lipinski definition) is 4. The van der Waals surface area contributed by atoms with Gasteiger partial charge in [-0.3, -0.25) is 4.79 Å². The third-order valence-corrected chi connectivity index (χ3v) is 2.88. The first kappa shape index (κ1) is 13.5. The molecule has 0 saturated carbocycles. The number of ether oxygens (including phenoxy) is 2. The summed E-state index contributed by atoms with van der Waals surface area (Å²) >= 11 is 0. The summed E-state index contributed by atoms with van der Waals surface area (Å²) in [5.74, 6) is 0.0268. The van der Waals surface area contributed by atoms with Crippen LogP contribution >= 0.6 is 0 Å². The standard InChI is InChI=1S/C12H23NO3/c1-3-15-9-8-13-7-5-6-11(10-13)12(14)16-4-2/h11H,3-10H2,1-2H3/t11-/m0/s1. The lowest BCUT2D eigenvalue weighted by Crippen LogP contribution is -2.40. The Morgan fingerprint density at radius 3 is 2.88 bits per heavy atom. The Bertz CT molecular complexity index is 208. The largest absolute Gasteiger partial charge is 0.466 e. The van der Waals surface area contributed by atoms with E-state index in [2.05, 4.69) is 4.90 Å². The van der Waals surface area contributed by atoms with E-state index in [9.17, 15) is 4.79 Å². The topological polar surface area (TPSA) is 38.8 Å². The van der Waals surface area contributed by atoms with Crippen molar-refractivity contribution in [3.8, 4) is 0 Å². The average molecular weight is 229 g/mol. The Kier molecular flexibility index (Phi) is 6.42. The molecule has 0 bridgehead atoms.